The van der Waals surface area contributed by atoms with E-state index in [1.165, 1.54) is 95.5 Å². The third kappa shape index (κ3) is 11.2. The molecule has 0 saturated heterocycles. The van der Waals surface area contributed by atoms with Crippen LogP contribution in [0.4, 0.5) is 0 Å². The third-order valence-corrected chi connectivity index (χ3v) is 6.91. The fourth-order valence-corrected chi connectivity index (χ4v) is 4.96. The second kappa shape index (κ2) is 16.7. The summed E-state index contributed by atoms with van der Waals surface area (Å²) in [7, 11) is 0. The minimum absolute atomic E-state index is 0.198. The molecule has 5 nitrogen and oxygen atoms in total. The average molecular weight is 478 g/mol. The Hall–Kier alpha value is -1.82. The Bertz CT molecular complexity index is 783. The molecule has 1 N–H and O–H groups in total. The van der Waals surface area contributed by atoms with Gasteiger partial charge in [0.25, 0.3) is 0 Å². The fourth-order valence-electron chi connectivity index (χ4n) is 4.08. The van der Waals surface area contributed by atoms with Crippen LogP contribution in [-0.4, -0.2) is 22.7 Å². The van der Waals surface area contributed by atoms with Crippen molar-refractivity contribution in [2.24, 2.45) is 0 Å². The first kappa shape index (κ1) is 27.4. The molecule has 2 heterocycles. The SMILES string of the molecule is CCCCCCCCCCCCCCCCc1csc(-c2nc(CC(=O)O)c(OCC)o2)c1. The summed E-state index contributed by atoms with van der Waals surface area (Å²) in [6.45, 7) is 4.53. The molecular weight excluding hydrogens is 434 g/mol. The Morgan fingerprint density at radius 1 is 0.939 bits per heavy atom. The van der Waals surface area contributed by atoms with Crippen molar-refractivity contribution in [3.05, 3.63) is 22.7 Å². The zero-order chi connectivity index (χ0) is 23.7. The van der Waals surface area contributed by atoms with E-state index in [2.05, 4.69) is 23.4 Å². The summed E-state index contributed by atoms with van der Waals surface area (Å²) in [5, 5.41) is 11.2. The Morgan fingerprint density at radius 2 is 1.52 bits per heavy atom. The summed E-state index contributed by atoms with van der Waals surface area (Å²) in [4.78, 5) is 16.3. The first-order valence-electron chi connectivity index (χ1n) is 13.1. The van der Waals surface area contributed by atoms with E-state index in [1.807, 2.05) is 6.92 Å². The number of aliphatic carboxylic acids is 1. The van der Waals surface area contributed by atoms with Crippen LogP contribution < -0.4 is 4.74 Å². The second-order valence-electron chi connectivity index (χ2n) is 8.92. The largest absolute Gasteiger partial charge is 0.481 e. The molecule has 0 saturated carbocycles. The number of aromatic nitrogens is 1. The molecule has 0 aliphatic rings. The molecule has 0 amide bonds. The van der Waals surface area contributed by atoms with E-state index in [0.717, 1.165) is 11.3 Å². The standard InChI is InChI=1S/C27H43NO4S/c1-3-5-6-7-8-9-10-11-12-13-14-15-16-17-18-22-19-24(33-21-22)26-28-23(20-25(29)30)27(32-26)31-4-2/h19,21H,3-18,20H2,1-2H3,(H,29,30). The van der Waals surface area contributed by atoms with Gasteiger partial charge in [0.05, 0.1) is 17.9 Å². The van der Waals surface area contributed by atoms with Gasteiger partial charge in [-0.2, -0.15) is 0 Å². The van der Waals surface area contributed by atoms with Crippen LogP contribution in [-0.2, 0) is 17.6 Å². The number of carboxylic acid groups (broad SMARTS) is 1. The van der Waals surface area contributed by atoms with Crippen molar-refractivity contribution >= 4 is 17.3 Å². The lowest BCUT2D eigenvalue weighted by molar-refractivity contribution is -0.136. The van der Waals surface area contributed by atoms with Crippen LogP contribution in [0.15, 0.2) is 15.9 Å². The van der Waals surface area contributed by atoms with Crippen LogP contribution in [0.25, 0.3) is 10.8 Å². The molecule has 0 atom stereocenters. The zero-order valence-electron chi connectivity index (χ0n) is 20.7. The smallest absolute Gasteiger partial charge is 0.309 e. The first-order chi connectivity index (χ1) is 16.1. The normalized spacial score (nSPS) is 11.2. The molecule has 33 heavy (non-hydrogen) atoms. The molecule has 186 valence electrons. The van der Waals surface area contributed by atoms with Crippen LogP contribution in [0.5, 0.6) is 5.95 Å². The number of ether oxygens (including phenoxy) is 1. The van der Waals surface area contributed by atoms with E-state index in [1.54, 1.807) is 11.3 Å². The van der Waals surface area contributed by atoms with Crippen molar-refractivity contribution in [1.29, 1.82) is 0 Å². The maximum Gasteiger partial charge on any atom is 0.309 e. The number of aryl methyl sites for hydroxylation is 1. The molecule has 0 aromatic carbocycles. The molecule has 0 fully saturated rings. The van der Waals surface area contributed by atoms with Crippen LogP contribution >= 0.6 is 11.3 Å². The van der Waals surface area contributed by atoms with Crippen molar-refractivity contribution in [3.8, 4) is 16.7 Å². The third-order valence-electron chi connectivity index (χ3n) is 5.94. The molecule has 2 rings (SSSR count). The summed E-state index contributed by atoms with van der Waals surface area (Å²) in [5.41, 5.74) is 1.64. The van der Waals surface area contributed by atoms with Crippen LogP contribution in [0.1, 0.15) is 115 Å². The molecule has 0 aliphatic heterocycles. The molecule has 0 radical (unpaired) electrons. The molecule has 0 spiro atoms. The van der Waals surface area contributed by atoms with E-state index >= 15 is 0 Å². The van der Waals surface area contributed by atoms with E-state index in [-0.39, 0.29) is 12.4 Å². The number of nitrogens with zero attached hydrogens (tertiary/aromatic N) is 1. The monoisotopic (exact) mass is 477 g/mol. The molecular formula is C27H43NO4S. The van der Waals surface area contributed by atoms with Gasteiger partial charge >= 0.3 is 11.9 Å². The highest BCUT2D eigenvalue weighted by Crippen LogP contribution is 2.32. The van der Waals surface area contributed by atoms with E-state index in [0.29, 0.717) is 18.2 Å². The predicted octanol–water partition coefficient (Wildman–Crippen LogP) is 8.45. The number of unbranched alkanes of at least 4 members (excludes halogenated alkanes) is 13. The Morgan fingerprint density at radius 3 is 2.06 bits per heavy atom. The Balaban J connectivity index is 1.57. The number of rotatable bonds is 20. The number of hydrogen-bond acceptors (Lipinski definition) is 5. The van der Waals surface area contributed by atoms with Crippen molar-refractivity contribution in [1.82, 2.24) is 4.98 Å². The first-order valence-corrected chi connectivity index (χ1v) is 13.9. The number of hydrogen-bond donors (Lipinski definition) is 1. The Labute approximate surface area is 204 Å². The summed E-state index contributed by atoms with van der Waals surface area (Å²) in [6.07, 6.45) is 20.1. The summed E-state index contributed by atoms with van der Waals surface area (Å²) < 4.78 is 11.1. The molecule has 0 aliphatic carbocycles. The number of thiophene rings is 1. The summed E-state index contributed by atoms with van der Waals surface area (Å²) in [5.74, 6) is -0.274. The summed E-state index contributed by atoms with van der Waals surface area (Å²) in [6, 6.07) is 2.11. The lowest BCUT2D eigenvalue weighted by atomic mass is 10.0. The van der Waals surface area contributed by atoms with Crippen molar-refractivity contribution in [2.75, 3.05) is 6.61 Å². The van der Waals surface area contributed by atoms with E-state index < -0.39 is 5.97 Å². The molecule has 0 bridgehead atoms. The van der Waals surface area contributed by atoms with Gasteiger partial charge in [-0.1, -0.05) is 90.4 Å². The van der Waals surface area contributed by atoms with Gasteiger partial charge in [0.2, 0.25) is 5.89 Å². The Kier molecular flexibility index (Phi) is 13.9. The second-order valence-corrected chi connectivity index (χ2v) is 9.83. The van der Waals surface area contributed by atoms with Gasteiger partial charge in [-0.05, 0) is 36.8 Å². The topological polar surface area (TPSA) is 72.6 Å². The lowest BCUT2D eigenvalue weighted by Gasteiger charge is -2.03. The minimum atomic E-state index is -0.944. The molecule has 0 unspecified atom stereocenters. The van der Waals surface area contributed by atoms with Crippen molar-refractivity contribution < 1.29 is 19.1 Å². The molecule has 6 heteroatoms. The summed E-state index contributed by atoms with van der Waals surface area (Å²) >= 11 is 1.59. The van der Waals surface area contributed by atoms with Gasteiger partial charge in [-0.25, -0.2) is 4.98 Å². The molecule has 2 aromatic rings. The average Bonchev–Trinajstić information content (AvgIpc) is 3.41. The highest BCUT2D eigenvalue weighted by atomic mass is 32.1. The number of oxazole rings is 1. The van der Waals surface area contributed by atoms with Gasteiger partial charge < -0.3 is 14.3 Å². The van der Waals surface area contributed by atoms with Gasteiger partial charge in [0.15, 0.2) is 0 Å². The van der Waals surface area contributed by atoms with Gasteiger partial charge in [-0.3, -0.25) is 4.79 Å². The maximum absolute atomic E-state index is 11.1. The zero-order valence-corrected chi connectivity index (χ0v) is 21.5. The van der Waals surface area contributed by atoms with Crippen molar-refractivity contribution in [3.63, 3.8) is 0 Å². The van der Waals surface area contributed by atoms with Crippen molar-refractivity contribution in [2.45, 2.75) is 117 Å². The predicted molar refractivity (Wildman–Crippen MR) is 136 cm³/mol. The van der Waals surface area contributed by atoms with Crippen LogP contribution in [0, 0.1) is 0 Å². The van der Waals surface area contributed by atoms with E-state index in [4.69, 9.17) is 14.3 Å². The fraction of sp³-hybridized carbons (Fsp3) is 0.704. The molecule has 2 aromatic heterocycles. The van der Waals surface area contributed by atoms with Crippen LogP contribution in [0.3, 0.4) is 0 Å². The van der Waals surface area contributed by atoms with Crippen LogP contribution in [0.2, 0.25) is 0 Å². The quantitative estimate of drug-likeness (QED) is 0.194. The van der Waals surface area contributed by atoms with E-state index in [9.17, 15) is 4.79 Å². The van der Waals surface area contributed by atoms with Gasteiger partial charge in [0.1, 0.15) is 5.69 Å². The number of carbonyl (C=O) groups is 1. The highest BCUT2D eigenvalue weighted by Gasteiger charge is 2.19. The maximum atomic E-state index is 11.1. The number of carboxylic acids is 1. The lowest BCUT2D eigenvalue weighted by Crippen LogP contribution is -2.03. The van der Waals surface area contributed by atoms with Gasteiger partial charge in [0, 0.05) is 0 Å². The van der Waals surface area contributed by atoms with Gasteiger partial charge in [-0.15, -0.1) is 11.3 Å². The highest BCUT2D eigenvalue weighted by molar-refractivity contribution is 7.13. The minimum Gasteiger partial charge on any atom is -0.481 e.